The number of carbonyl (C=O) groups excluding carboxylic acids is 1. The summed E-state index contributed by atoms with van der Waals surface area (Å²) in [5, 5.41) is 0.864. The molecule has 4 nitrogen and oxygen atoms in total. The largest absolute Gasteiger partial charge is 0.490 e. The van der Waals surface area contributed by atoms with E-state index >= 15 is 0 Å². The van der Waals surface area contributed by atoms with E-state index in [9.17, 15) is 4.79 Å². The average molecular weight is 474 g/mol. The SMILES string of the molecule is CCOc1cc([C@@H]2SCC(=O)N2c2ccc(Cl)cc2)cc(Cl)c1OCc1ccccc1. The summed E-state index contributed by atoms with van der Waals surface area (Å²) < 4.78 is 11.9. The molecule has 1 heterocycles. The highest BCUT2D eigenvalue weighted by atomic mass is 35.5. The maximum atomic E-state index is 12.6. The molecule has 1 atom stereocenters. The zero-order chi connectivity index (χ0) is 21.8. The third kappa shape index (κ3) is 4.95. The number of hydrogen-bond donors (Lipinski definition) is 0. The predicted octanol–water partition coefficient (Wildman–Crippen LogP) is 6.75. The third-order valence-corrected chi connectivity index (χ3v) is 6.56. The average Bonchev–Trinajstić information content (AvgIpc) is 3.16. The van der Waals surface area contributed by atoms with Crippen LogP contribution in [0, 0.1) is 0 Å². The molecule has 0 N–H and O–H groups in total. The first-order valence-corrected chi connectivity index (χ1v) is 11.7. The minimum absolute atomic E-state index is 0.0378. The third-order valence-electron chi connectivity index (χ3n) is 4.82. The first kappa shape index (κ1) is 21.9. The lowest BCUT2D eigenvalue weighted by Gasteiger charge is -2.25. The number of ether oxygens (including phenoxy) is 2. The summed E-state index contributed by atoms with van der Waals surface area (Å²) in [5.41, 5.74) is 2.71. The quantitative estimate of drug-likeness (QED) is 0.380. The van der Waals surface area contributed by atoms with Crippen molar-refractivity contribution in [3.63, 3.8) is 0 Å². The van der Waals surface area contributed by atoms with Crippen molar-refractivity contribution >= 4 is 46.6 Å². The number of halogens is 2. The molecular formula is C24H21Cl2NO3S. The number of nitrogens with zero attached hydrogens (tertiary/aromatic N) is 1. The first-order chi connectivity index (χ1) is 15.1. The Bertz CT molecular complexity index is 1060. The van der Waals surface area contributed by atoms with Gasteiger partial charge in [0.25, 0.3) is 0 Å². The molecule has 1 amide bonds. The van der Waals surface area contributed by atoms with Gasteiger partial charge < -0.3 is 9.47 Å². The molecule has 3 aromatic carbocycles. The highest BCUT2D eigenvalue weighted by Crippen LogP contribution is 2.46. The van der Waals surface area contributed by atoms with Crippen molar-refractivity contribution in [2.24, 2.45) is 0 Å². The number of carbonyl (C=O) groups is 1. The Kier molecular flexibility index (Phi) is 6.96. The molecule has 0 bridgehead atoms. The standard InChI is InChI=1S/C24H21Cl2NO3S/c1-2-29-21-13-17(12-20(26)23(21)30-14-16-6-4-3-5-7-16)24-27(22(28)15-31-24)19-10-8-18(25)9-11-19/h3-13,24H,2,14-15H2,1H3/t24-/m0/s1. The summed E-state index contributed by atoms with van der Waals surface area (Å²) in [4.78, 5) is 14.4. The number of benzene rings is 3. The molecule has 0 aliphatic carbocycles. The fourth-order valence-electron chi connectivity index (χ4n) is 3.41. The molecule has 0 spiro atoms. The van der Waals surface area contributed by atoms with Gasteiger partial charge in [0.2, 0.25) is 5.91 Å². The molecule has 3 aromatic rings. The lowest BCUT2D eigenvalue weighted by molar-refractivity contribution is -0.115. The van der Waals surface area contributed by atoms with Crippen molar-refractivity contribution < 1.29 is 14.3 Å². The highest BCUT2D eigenvalue weighted by molar-refractivity contribution is 8.00. The fraction of sp³-hybridized carbons (Fsp3) is 0.208. The van der Waals surface area contributed by atoms with E-state index in [1.165, 1.54) is 0 Å². The van der Waals surface area contributed by atoms with Crippen LogP contribution in [-0.4, -0.2) is 18.3 Å². The minimum atomic E-state index is -0.214. The summed E-state index contributed by atoms with van der Waals surface area (Å²) in [5.74, 6) is 1.50. The molecule has 7 heteroatoms. The van der Waals surface area contributed by atoms with Crippen LogP contribution < -0.4 is 14.4 Å². The zero-order valence-electron chi connectivity index (χ0n) is 16.9. The molecule has 0 radical (unpaired) electrons. The van der Waals surface area contributed by atoms with E-state index < -0.39 is 0 Å². The fourth-order valence-corrected chi connectivity index (χ4v) is 4.97. The van der Waals surface area contributed by atoms with Gasteiger partial charge in [-0.1, -0.05) is 53.5 Å². The van der Waals surface area contributed by atoms with Gasteiger partial charge in [0.05, 0.1) is 17.4 Å². The van der Waals surface area contributed by atoms with Gasteiger partial charge in [-0.05, 0) is 54.4 Å². The molecule has 0 saturated carbocycles. The Morgan fingerprint density at radius 1 is 1.03 bits per heavy atom. The van der Waals surface area contributed by atoms with Crippen LogP contribution in [0.4, 0.5) is 5.69 Å². The van der Waals surface area contributed by atoms with Crippen molar-refractivity contribution in [2.45, 2.75) is 18.9 Å². The molecule has 4 rings (SSSR count). The van der Waals surface area contributed by atoms with E-state index in [0.29, 0.717) is 40.5 Å². The van der Waals surface area contributed by atoms with E-state index in [1.54, 1.807) is 28.8 Å². The molecule has 0 unspecified atom stereocenters. The van der Waals surface area contributed by atoms with Gasteiger partial charge >= 0.3 is 0 Å². The van der Waals surface area contributed by atoms with Gasteiger partial charge in [0.1, 0.15) is 12.0 Å². The van der Waals surface area contributed by atoms with Gasteiger partial charge in [-0.3, -0.25) is 9.69 Å². The summed E-state index contributed by atoms with van der Waals surface area (Å²) in [7, 11) is 0. The van der Waals surface area contributed by atoms with Gasteiger partial charge in [-0.15, -0.1) is 11.8 Å². The van der Waals surface area contributed by atoms with E-state index in [4.69, 9.17) is 32.7 Å². The second kappa shape index (κ2) is 9.86. The maximum Gasteiger partial charge on any atom is 0.238 e. The maximum absolute atomic E-state index is 12.6. The van der Waals surface area contributed by atoms with Crippen LogP contribution >= 0.6 is 35.0 Å². The van der Waals surface area contributed by atoms with E-state index in [1.807, 2.05) is 61.5 Å². The van der Waals surface area contributed by atoms with Gasteiger partial charge in [-0.2, -0.15) is 0 Å². The van der Waals surface area contributed by atoms with Crippen molar-refractivity contribution in [3.05, 3.63) is 87.9 Å². The van der Waals surface area contributed by atoms with Crippen LogP contribution in [0.2, 0.25) is 10.0 Å². The van der Waals surface area contributed by atoms with Crippen LogP contribution in [-0.2, 0) is 11.4 Å². The molecule has 1 aliphatic rings. The Labute approximate surface area is 196 Å². The highest BCUT2D eigenvalue weighted by Gasteiger charge is 2.35. The Morgan fingerprint density at radius 3 is 2.48 bits per heavy atom. The molecular weight excluding hydrogens is 453 g/mol. The summed E-state index contributed by atoms with van der Waals surface area (Å²) in [6.45, 7) is 2.77. The van der Waals surface area contributed by atoms with Gasteiger partial charge in [0, 0.05) is 10.7 Å². The normalized spacial score (nSPS) is 15.9. The number of anilines is 1. The van der Waals surface area contributed by atoms with Crippen LogP contribution in [0.5, 0.6) is 11.5 Å². The lowest BCUT2D eigenvalue weighted by Crippen LogP contribution is -2.27. The Balaban J connectivity index is 1.65. The Hall–Kier alpha value is -2.34. The molecule has 31 heavy (non-hydrogen) atoms. The topological polar surface area (TPSA) is 38.8 Å². The van der Waals surface area contributed by atoms with Crippen molar-refractivity contribution in [2.75, 3.05) is 17.3 Å². The molecule has 1 fully saturated rings. The number of rotatable bonds is 7. The second-order valence-corrected chi connectivity index (χ2v) is 8.85. The summed E-state index contributed by atoms with van der Waals surface area (Å²) >= 11 is 14.2. The smallest absolute Gasteiger partial charge is 0.238 e. The Morgan fingerprint density at radius 2 is 1.77 bits per heavy atom. The number of amides is 1. The van der Waals surface area contributed by atoms with E-state index in [-0.39, 0.29) is 11.3 Å². The van der Waals surface area contributed by atoms with Gasteiger partial charge in [-0.25, -0.2) is 0 Å². The van der Waals surface area contributed by atoms with Crippen LogP contribution in [0.1, 0.15) is 23.4 Å². The summed E-state index contributed by atoms with van der Waals surface area (Å²) in [6, 6.07) is 20.9. The van der Waals surface area contributed by atoms with Crippen LogP contribution in [0.25, 0.3) is 0 Å². The van der Waals surface area contributed by atoms with Crippen LogP contribution in [0.3, 0.4) is 0 Å². The van der Waals surface area contributed by atoms with E-state index in [0.717, 1.165) is 16.8 Å². The number of thioether (sulfide) groups is 1. The van der Waals surface area contributed by atoms with Crippen molar-refractivity contribution in [1.29, 1.82) is 0 Å². The molecule has 1 aliphatic heterocycles. The number of hydrogen-bond acceptors (Lipinski definition) is 4. The van der Waals surface area contributed by atoms with E-state index in [2.05, 4.69) is 0 Å². The van der Waals surface area contributed by atoms with Crippen molar-refractivity contribution in [1.82, 2.24) is 0 Å². The predicted molar refractivity (Wildman–Crippen MR) is 128 cm³/mol. The second-order valence-electron chi connectivity index (χ2n) is 6.94. The molecule has 160 valence electrons. The lowest BCUT2D eigenvalue weighted by atomic mass is 10.1. The van der Waals surface area contributed by atoms with Crippen LogP contribution in [0.15, 0.2) is 66.7 Å². The van der Waals surface area contributed by atoms with Gasteiger partial charge in [0.15, 0.2) is 11.5 Å². The molecule has 1 saturated heterocycles. The van der Waals surface area contributed by atoms with Crippen molar-refractivity contribution in [3.8, 4) is 11.5 Å². The zero-order valence-corrected chi connectivity index (χ0v) is 19.2. The first-order valence-electron chi connectivity index (χ1n) is 9.89. The summed E-state index contributed by atoms with van der Waals surface area (Å²) in [6.07, 6.45) is 0. The molecule has 0 aromatic heterocycles. The minimum Gasteiger partial charge on any atom is -0.490 e. The monoisotopic (exact) mass is 473 g/mol.